The summed E-state index contributed by atoms with van der Waals surface area (Å²) in [6.45, 7) is 0.943. The molecule has 0 N–H and O–H groups in total. The first-order chi connectivity index (χ1) is 27.6. The molecule has 6 heterocycles. The highest BCUT2D eigenvalue weighted by Crippen LogP contribution is 2.26. The van der Waals surface area contributed by atoms with Crippen LogP contribution in [0.1, 0.15) is 11.1 Å². The van der Waals surface area contributed by atoms with Gasteiger partial charge in [-0.25, -0.2) is 19.9 Å². The van der Waals surface area contributed by atoms with E-state index in [1.54, 1.807) is 70.8 Å². The van der Waals surface area contributed by atoms with Gasteiger partial charge in [0.05, 0.1) is 29.4 Å². The molecule has 0 aliphatic carbocycles. The molecule has 10 rings (SSSR count). The lowest BCUT2D eigenvalue weighted by Crippen LogP contribution is -2.21. The van der Waals surface area contributed by atoms with Crippen molar-refractivity contribution < 1.29 is 0 Å². The molecule has 0 aliphatic heterocycles. The quantitative estimate of drug-likeness (QED) is 0.168. The van der Waals surface area contributed by atoms with Crippen LogP contribution in [0.5, 0.6) is 0 Å². The second kappa shape index (κ2) is 15.0. The Bertz CT molecular complexity index is 2930. The van der Waals surface area contributed by atoms with Crippen molar-refractivity contribution in [1.82, 2.24) is 39.0 Å². The van der Waals surface area contributed by atoms with Gasteiger partial charge in [0.15, 0.2) is 11.3 Å². The zero-order valence-corrected chi connectivity index (χ0v) is 30.0. The molecule has 0 radical (unpaired) electrons. The molecule has 0 saturated heterocycles. The third kappa shape index (κ3) is 7.02. The average molecular weight is 729 g/mol. The lowest BCUT2D eigenvalue weighted by atomic mass is 10.0. The van der Waals surface area contributed by atoms with Gasteiger partial charge in [-0.2, -0.15) is 0 Å². The van der Waals surface area contributed by atoms with Gasteiger partial charge in [0, 0.05) is 41.8 Å². The lowest BCUT2D eigenvalue weighted by Gasteiger charge is -2.08. The molecule has 6 aromatic heterocycles. The second-order valence-corrected chi connectivity index (χ2v) is 13.3. The van der Waals surface area contributed by atoms with Crippen molar-refractivity contribution in [3.8, 4) is 22.3 Å². The lowest BCUT2D eigenvalue weighted by molar-refractivity contribution is 0.747. The van der Waals surface area contributed by atoms with Gasteiger partial charge < -0.3 is 0 Å². The summed E-state index contributed by atoms with van der Waals surface area (Å²) in [4.78, 5) is 50.6. The van der Waals surface area contributed by atoms with Gasteiger partial charge in [-0.15, -0.1) is 0 Å². The summed E-state index contributed by atoms with van der Waals surface area (Å²) >= 11 is 0. The number of hydrogen-bond acceptors (Lipinski definition) is 8. The number of pyridine rings is 4. The summed E-state index contributed by atoms with van der Waals surface area (Å²) < 4.78 is 3.22. The highest BCUT2D eigenvalue weighted by Gasteiger charge is 2.08. The summed E-state index contributed by atoms with van der Waals surface area (Å²) in [6, 6.07) is 42.1. The molecular formula is C46H32N8O2. The van der Waals surface area contributed by atoms with E-state index in [2.05, 4.69) is 90.6 Å². The first kappa shape index (κ1) is 34.1. The summed E-state index contributed by atoms with van der Waals surface area (Å²) in [6.07, 6.45) is 11.9. The van der Waals surface area contributed by atoms with Crippen LogP contribution in [0.2, 0.25) is 0 Å². The highest BCUT2D eigenvalue weighted by atomic mass is 16.1. The maximum atomic E-state index is 12.6. The number of benzene rings is 4. The van der Waals surface area contributed by atoms with Crippen molar-refractivity contribution >= 4 is 43.7 Å². The van der Waals surface area contributed by atoms with Gasteiger partial charge in [-0.1, -0.05) is 72.8 Å². The minimum Gasteiger partial charge on any atom is -0.294 e. The summed E-state index contributed by atoms with van der Waals surface area (Å²) in [7, 11) is 0. The first-order valence-corrected chi connectivity index (χ1v) is 18.0. The fraction of sp³-hybridized carbons (Fsp3) is 0.0435. The predicted molar refractivity (Wildman–Crippen MR) is 220 cm³/mol. The molecule has 0 aliphatic rings. The largest absolute Gasteiger partial charge is 0.294 e. The molecule has 10 aromatic rings. The molecule has 268 valence electrons. The van der Waals surface area contributed by atoms with Crippen LogP contribution < -0.4 is 11.1 Å². The van der Waals surface area contributed by atoms with Crippen LogP contribution in [-0.2, 0) is 13.1 Å². The van der Waals surface area contributed by atoms with Gasteiger partial charge in [-0.3, -0.25) is 28.7 Å². The van der Waals surface area contributed by atoms with Gasteiger partial charge in [-0.05, 0) is 93.4 Å². The van der Waals surface area contributed by atoms with E-state index in [1.165, 1.54) is 5.39 Å². The van der Waals surface area contributed by atoms with Gasteiger partial charge >= 0.3 is 0 Å². The van der Waals surface area contributed by atoms with Crippen molar-refractivity contribution in [2.75, 3.05) is 0 Å². The minimum absolute atomic E-state index is 0.0784. The van der Waals surface area contributed by atoms with E-state index in [9.17, 15) is 9.59 Å². The van der Waals surface area contributed by atoms with Gasteiger partial charge in [0.25, 0.3) is 11.1 Å². The van der Waals surface area contributed by atoms with E-state index in [0.717, 1.165) is 49.7 Å². The second-order valence-electron chi connectivity index (χ2n) is 13.3. The van der Waals surface area contributed by atoms with E-state index in [4.69, 9.17) is 0 Å². The fourth-order valence-corrected chi connectivity index (χ4v) is 6.74. The molecule has 10 nitrogen and oxygen atoms in total. The normalized spacial score (nSPS) is 11.1. The third-order valence-electron chi connectivity index (χ3n) is 9.72. The maximum Gasteiger partial charge on any atom is 0.263 e. The molecule has 0 amide bonds. The van der Waals surface area contributed by atoms with Crippen LogP contribution in [0.3, 0.4) is 0 Å². The minimum atomic E-state index is -0.0794. The summed E-state index contributed by atoms with van der Waals surface area (Å²) in [5, 5.41) is 4.48. The van der Waals surface area contributed by atoms with E-state index in [1.807, 2.05) is 48.7 Å². The first-order valence-electron chi connectivity index (χ1n) is 18.0. The molecule has 0 unspecified atom stereocenters. The Morgan fingerprint density at radius 2 is 0.946 bits per heavy atom. The smallest absolute Gasteiger partial charge is 0.263 e. The Labute approximate surface area is 320 Å². The Kier molecular flexibility index (Phi) is 9.10. The predicted octanol–water partition coefficient (Wildman–Crippen LogP) is 8.11. The van der Waals surface area contributed by atoms with Crippen molar-refractivity contribution in [2.45, 2.75) is 13.1 Å². The number of rotatable bonds is 6. The van der Waals surface area contributed by atoms with Crippen molar-refractivity contribution in [3.63, 3.8) is 0 Å². The summed E-state index contributed by atoms with van der Waals surface area (Å²) in [5.41, 5.74) is 8.42. The Morgan fingerprint density at radius 3 is 1.55 bits per heavy atom. The van der Waals surface area contributed by atoms with E-state index in [0.29, 0.717) is 35.2 Å². The van der Waals surface area contributed by atoms with Gasteiger partial charge in [0.2, 0.25) is 0 Å². The van der Waals surface area contributed by atoms with Crippen LogP contribution in [0.25, 0.3) is 66.0 Å². The molecule has 0 atom stereocenters. The molecular weight excluding hydrogens is 697 g/mol. The maximum absolute atomic E-state index is 12.6. The summed E-state index contributed by atoms with van der Waals surface area (Å²) in [5.74, 6) is 0. The average Bonchev–Trinajstić information content (AvgIpc) is 3.26. The number of aromatic nitrogens is 8. The van der Waals surface area contributed by atoms with Crippen molar-refractivity contribution in [3.05, 3.63) is 203 Å². The molecule has 0 saturated carbocycles. The number of hydrogen-bond donors (Lipinski definition) is 0. The van der Waals surface area contributed by atoms with Crippen molar-refractivity contribution in [1.29, 1.82) is 0 Å². The van der Waals surface area contributed by atoms with Crippen LogP contribution in [-0.4, -0.2) is 39.0 Å². The number of fused-ring (bicyclic) bond motifs is 4. The molecule has 0 spiro atoms. The standard InChI is InChI=1S/2C23H16N4O/c28-23-20-4-2-12-25-22(20)26-15-27(23)14-16-5-7-17(8-6-16)18-9-10-21-19(13-18)3-1-11-24-21;28-23-21-2-1-10-25-22(21)26-15-27(23)14-16-3-5-17(6-4-16)18-7-8-20-13-24-11-9-19(20)12-18/h2*1-13,15H,14H2. The third-order valence-corrected chi connectivity index (χ3v) is 9.72. The van der Waals surface area contributed by atoms with E-state index in [-0.39, 0.29) is 11.1 Å². The molecule has 10 heteroatoms. The molecule has 0 bridgehead atoms. The van der Waals surface area contributed by atoms with Crippen LogP contribution >= 0.6 is 0 Å². The zero-order valence-electron chi connectivity index (χ0n) is 30.0. The fourth-order valence-electron chi connectivity index (χ4n) is 6.74. The van der Waals surface area contributed by atoms with Crippen LogP contribution in [0.15, 0.2) is 181 Å². The van der Waals surface area contributed by atoms with Crippen LogP contribution in [0, 0.1) is 0 Å². The SMILES string of the molecule is O=c1c2cccnc2ncn1Cc1ccc(-c2ccc3cnccc3c2)cc1.O=c1c2cccnc2ncn1Cc1ccc(-c2ccc3ncccc3c2)cc1. The Hall–Kier alpha value is -7.72. The van der Waals surface area contributed by atoms with E-state index < -0.39 is 0 Å². The van der Waals surface area contributed by atoms with Gasteiger partial charge in [0.1, 0.15) is 12.7 Å². The Balaban J connectivity index is 0.000000146. The van der Waals surface area contributed by atoms with Crippen LogP contribution in [0.4, 0.5) is 0 Å². The molecule has 4 aromatic carbocycles. The van der Waals surface area contributed by atoms with Crippen molar-refractivity contribution in [2.24, 2.45) is 0 Å². The highest BCUT2D eigenvalue weighted by molar-refractivity contribution is 5.87. The van der Waals surface area contributed by atoms with E-state index >= 15 is 0 Å². The zero-order chi connectivity index (χ0) is 37.8. The monoisotopic (exact) mass is 728 g/mol. The number of nitrogens with zero attached hydrogens (tertiary/aromatic N) is 8. The molecule has 0 fully saturated rings. The molecule has 56 heavy (non-hydrogen) atoms. The topological polar surface area (TPSA) is 121 Å². The Morgan fingerprint density at radius 1 is 0.429 bits per heavy atom.